The van der Waals surface area contributed by atoms with E-state index in [2.05, 4.69) is 6.92 Å². The third-order valence-corrected chi connectivity index (χ3v) is 3.50. The number of carbonyl (C=O) groups excluding carboxylic acids is 1. The molecule has 0 aliphatic heterocycles. The molecule has 0 aromatic carbocycles. The third kappa shape index (κ3) is 8.79. The molecule has 0 saturated carbocycles. The lowest BCUT2D eigenvalue weighted by Gasteiger charge is -2.21. The van der Waals surface area contributed by atoms with Gasteiger partial charge >= 0.3 is 5.97 Å². The van der Waals surface area contributed by atoms with Crippen LogP contribution in [0.15, 0.2) is 0 Å². The van der Waals surface area contributed by atoms with Crippen LogP contribution in [0.25, 0.3) is 0 Å². The minimum Gasteiger partial charge on any atom is -0.449 e. The van der Waals surface area contributed by atoms with E-state index in [1.54, 1.807) is 0 Å². The molecule has 0 spiro atoms. The highest BCUT2D eigenvalue weighted by Crippen LogP contribution is 2.26. The number of ether oxygens (including phenoxy) is 1. The van der Waals surface area contributed by atoms with Crippen molar-refractivity contribution in [2.45, 2.75) is 78.6 Å². The van der Waals surface area contributed by atoms with Crippen molar-refractivity contribution in [2.24, 2.45) is 5.41 Å². The summed E-state index contributed by atoms with van der Waals surface area (Å²) in [6.45, 7) is 6.11. The fourth-order valence-electron chi connectivity index (χ4n) is 2.05. The van der Waals surface area contributed by atoms with E-state index in [9.17, 15) is 4.79 Å². The van der Waals surface area contributed by atoms with Crippen molar-refractivity contribution >= 4 is 17.6 Å². The summed E-state index contributed by atoms with van der Waals surface area (Å²) < 4.78 is 4.86. The van der Waals surface area contributed by atoms with E-state index in [4.69, 9.17) is 16.3 Å². The fourth-order valence-corrected chi connectivity index (χ4v) is 2.15. The highest BCUT2D eigenvalue weighted by atomic mass is 35.5. The molecule has 0 saturated heterocycles. The van der Waals surface area contributed by atoms with Crippen LogP contribution in [0.5, 0.6) is 0 Å². The van der Waals surface area contributed by atoms with Crippen molar-refractivity contribution in [2.75, 3.05) is 6.07 Å². The average Bonchev–Trinajstić information content (AvgIpc) is 2.33. The van der Waals surface area contributed by atoms with Crippen LogP contribution in [-0.4, -0.2) is 12.0 Å². The molecule has 0 aromatic rings. The number of carbonyl (C=O) groups is 1. The molecule has 0 aromatic heterocycles. The number of hydrogen-bond acceptors (Lipinski definition) is 2. The Hall–Kier alpha value is -0.240. The number of rotatable bonds is 11. The maximum Gasteiger partial charge on any atom is 0.312 e. The predicted molar refractivity (Wildman–Crippen MR) is 77.8 cm³/mol. The van der Waals surface area contributed by atoms with Crippen LogP contribution in [0.4, 0.5) is 0 Å². The maximum atomic E-state index is 11.6. The second-order valence-electron chi connectivity index (χ2n) is 5.65. The topological polar surface area (TPSA) is 26.3 Å². The molecule has 0 heterocycles. The number of halogens is 1. The van der Waals surface area contributed by atoms with Crippen LogP contribution in [-0.2, 0) is 9.53 Å². The predicted octanol–water partition coefficient (Wildman–Crippen LogP) is 5.28. The first kappa shape index (κ1) is 17.8. The Balaban J connectivity index is 3.49. The van der Waals surface area contributed by atoms with Gasteiger partial charge in [0.1, 0.15) is 0 Å². The Morgan fingerprint density at radius 1 is 1.00 bits per heavy atom. The zero-order chi connectivity index (χ0) is 13.9. The van der Waals surface area contributed by atoms with Gasteiger partial charge in [-0.15, -0.1) is 0 Å². The second kappa shape index (κ2) is 10.7. The van der Waals surface area contributed by atoms with Gasteiger partial charge in [0.05, 0.1) is 5.41 Å². The van der Waals surface area contributed by atoms with Gasteiger partial charge in [-0.25, -0.2) is 0 Å². The molecule has 0 rings (SSSR count). The Labute approximate surface area is 117 Å². The second-order valence-corrected chi connectivity index (χ2v) is 5.87. The van der Waals surface area contributed by atoms with E-state index in [-0.39, 0.29) is 12.0 Å². The summed E-state index contributed by atoms with van der Waals surface area (Å²) in [6.07, 6.45) is 11.2. The van der Waals surface area contributed by atoms with E-state index in [1.165, 1.54) is 44.9 Å². The Morgan fingerprint density at radius 3 is 2.00 bits per heavy atom. The molecule has 0 unspecified atom stereocenters. The monoisotopic (exact) mass is 276 g/mol. The molecular weight excluding hydrogens is 248 g/mol. The van der Waals surface area contributed by atoms with Gasteiger partial charge in [-0.2, -0.15) is 0 Å². The van der Waals surface area contributed by atoms with E-state index in [0.29, 0.717) is 0 Å². The van der Waals surface area contributed by atoms with Gasteiger partial charge in [-0.3, -0.25) is 4.79 Å². The van der Waals surface area contributed by atoms with Crippen LogP contribution >= 0.6 is 11.6 Å². The van der Waals surface area contributed by atoms with Gasteiger partial charge in [-0.05, 0) is 20.3 Å². The molecule has 108 valence electrons. The van der Waals surface area contributed by atoms with Gasteiger partial charge in [0.2, 0.25) is 0 Å². The zero-order valence-corrected chi connectivity index (χ0v) is 13.0. The molecule has 0 aliphatic carbocycles. The van der Waals surface area contributed by atoms with Crippen molar-refractivity contribution in [1.82, 2.24) is 0 Å². The Morgan fingerprint density at radius 2 is 1.50 bits per heavy atom. The van der Waals surface area contributed by atoms with E-state index in [1.807, 2.05) is 13.8 Å². The SMILES string of the molecule is CCCCCCCCCCC(C)(C)C(=O)OCCl. The molecule has 0 N–H and O–H groups in total. The van der Waals surface area contributed by atoms with Crippen molar-refractivity contribution < 1.29 is 9.53 Å². The van der Waals surface area contributed by atoms with Crippen LogP contribution in [0.2, 0.25) is 0 Å². The molecule has 0 bridgehead atoms. The van der Waals surface area contributed by atoms with Crippen LogP contribution in [0, 0.1) is 5.41 Å². The molecule has 0 fully saturated rings. The lowest BCUT2D eigenvalue weighted by Crippen LogP contribution is -2.26. The summed E-state index contributed by atoms with van der Waals surface area (Å²) in [5, 5.41) is 0. The summed E-state index contributed by atoms with van der Waals surface area (Å²) in [4.78, 5) is 11.6. The molecular formula is C15H29ClO2. The molecule has 2 nitrogen and oxygen atoms in total. The van der Waals surface area contributed by atoms with Crippen LogP contribution in [0.3, 0.4) is 0 Å². The van der Waals surface area contributed by atoms with Crippen molar-refractivity contribution in [3.63, 3.8) is 0 Å². The first-order valence-electron chi connectivity index (χ1n) is 7.27. The normalized spacial score (nSPS) is 11.6. The minimum absolute atomic E-state index is 0.0420. The van der Waals surface area contributed by atoms with Crippen molar-refractivity contribution in [3.05, 3.63) is 0 Å². The number of alkyl halides is 1. The highest BCUT2D eigenvalue weighted by Gasteiger charge is 2.28. The van der Waals surface area contributed by atoms with Crippen molar-refractivity contribution in [1.29, 1.82) is 0 Å². The van der Waals surface area contributed by atoms with Crippen LogP contribution < -0.4 is 0 Å². The highest BCUT2D eigenvalue weighted by molar-refractivity contribution is 6.17. The summed E-state index contributed by atoms with van der Waals surface area (Å²) in [5.41, 5.74) is -0.392. The fraction of sp³-hybridized carbons (Fsp3) is 0.933. The summed E-state index contributed by atoms with van der Waals surface area (Å²) in [5.74, 6) is -0.180. The summed E-state index contributed by atoms with van der Waals surface area (Å²) >= 11 is 5.40. The standard InChI is InChI=1S/C15H29ClO2/c1-4-5-6-7-8-9-10-11-12-15(2,3)14(17)18-13-16/h4-13H2,1-3H3. The third-order valence-electron chi connectivity index (χ3n) is 3.39. The van der Waals surface area contributed by atoms with E-state index < -0.39 is 5.41 Å². The Kier molecular flexibility index (Phi) is 10.5. The number of unbranched alkanes of at least 4 members (excludes halogenated alkanes) is 7. The molecule has 0 amide bonds. The molecule has 0 aliphatic rings. The van der Waals surface area contributed by atoms with E-state index >= 15 is 0 Å². The van der Waals surface area contributed by atoms with Gasteiger partial charge in [0.15, 0.2) is 6.07 Å². The largest absolute Gasteiger partial charge is 0.449 e. The minimum atomic E-state index is -0.392. The van der Waals surface area contributed by atoms with Gasteiger partial charge in [0, 0.05) is 0 Å². The van der Waals surface area contributed by atoms with Crippen LogP contribution in [0.1, 0.15) is 78.6 Å². The number of esters is 1. The summed E-state index contributed by atoms with van der Waals surface area (Å²) in [7, 11) is 0. The molecule has 18 heavy (non-hydrogen) atoms. The van der Waals surface area contributed by atoms with E-state index in [0.717, 1.165) is 12.8 Å². The molecule has 3 heteroatoms. The smallest absolute Gasteiger partial charge is 0.312 e. The van der Waals surface area contributed by atoms with Gasteiger partial charge < -0.3 is 4.74 Å². The summed E-state index contributed by atoms with van der Waals surface area (Å²) in [6, 6.07) is -0.0420. The zero-order valence-electron chi connectivity index (χ0n) is 12.3. The average molecular weight is 277 g/mol. The van der Waals surface area contributed by atoms with Crippen molar-refractivity contribution in [3.8, 4) is 0 Å². The quantitative estimate of drug-likeness (QED) is 0.291. The first-order valence-corrected chi connectivity index (χ1v) is 7.81. The maximum absolute atomic E-state index is 11.6. The first-order chi connectivity index (χ1) is 8.54. The van der Waals surface area contributed by atoms with Gasteiger partial charge in [0.25, 0.3) is 0 Å². The molecule has 0 atom stereocenters. The molecule has 0 radical (unpaired) electrons. The number of hydrogen-bond donors (Lipinski definition) is 0. The lowest BCUT2D eigenvalue weighted by molar-refractivity contribution is -0.152. The Bertz CT molecular complexity index is 215. The van der Waals surface area contributed by atoms with Gasteiger partial charge in [-0.1, -0.05) is 69.9 Å². The lowest BCUT2D eigenvalue weighted by atomic mass is 9.87.